The maximum absolute atomic E-state index is 13.3. The van der Waals surface area contributed by atoms with Crippen molar-refractivity contribution in [2.75, 3.05) is 20.8 Å². The van der Waals surface area contributed by atoms with Gasteiger partial charge in [0, 0.05) is 37.9 Å². The van der Waals surface area contributed by atoms with Crippen molar-refractivity contribution in [2.45, 2.75) is 83.3 Å². The number of halogens is 2. The van der Waals surface area contributed by atoms with Crippen LogP contribution in [0.2, 0.25) is 0 Å². The Labute approximate surface area is 239 Å². The number of hydrogen-bond acceptors (Lipinski definition) is 6. The quantitative estimate of drug-likeness (QED) is 0.258. The van der Waals surface area contributed by atoms with Crippen LogP contribution in [0, 0.1) is 0 Å². The first-order valence-electron chi connectivity index (χ1n) is 14.3. The molecule has 0 saturated heterocycles. The van der Waals surface area contributed by atoms with E-state index in [0.29, 0.717) is 23.3 Å². The third-order valence-electron chi connectivity index (χ3n) is 7.45. The van der Waals surface area contributed by atoms with Crippen LogP contribution in [0.3, 0.4) is 0 Å². The van der Waals surface area contributed by atoms with Gasteiger partial charge in [0.05, 0.1) is 24.4 Å². The number of unbranched alkanes of at least 4 members (excludes halogenated alkanes) is 1. The number of ketones is 1. The van der Waals surface area contributed by atoms with E-state index in [1.54, 1.807) is 19.4 Å². The highest BCUT2D eigenvalue weighted by molar-refractivity contribution is 6.01. The summed E-state index contributed by atoms with van der Waals surface area (Å²) in [5.41, 5.74) is 2.24. The molecule has 222 valence electrons. The molecule has 0 unspecified atom stereocenters. The Kier molecular flexibility index (Phi) is 9.96. The Hall–Kier alpha value is -3.53. The van der Waals surface area contributed by atoms with Crippen LogP contribution in [0.4, 0.5) is 8.78 Å². The molecule has 2 saturated carbocycles. The predicted molar refractivity (Wildman–Crippen MR) is 152 cm³/mol. The molecule has 3 aromatic rings. The van der Waals surface area contributed by atoms with E-state index in [1.165, 1.54) is 13.2 Å². The molecule has 2 heterocycles. The van der Waals surface area contributed by atoms with Gasteiger partial charge in [0.15, 0.2) is 0 Å². The molecule has 2 aromatic heterocycles. The van der Waals surface area contributed by atoms with Crippen molar-refractivity contribution >= 4 is 17.3 Å². The summed E-state index contributed by atoms with van der Waals surface area (Å²) in [6.07, 6.45) is 10.4. The topological polar surface area (TPSA) is 91.2 Å². The average Bonchev–Trinajstić information content (AvgIpc) is 3.89. The molecule has 0 radical (unpaired) electrons. The molecule has 0 atom stereocenters. The SMILES string of the molecule is CCCCC(=O)C1(c2ccn3c(-c4cc(OC)c(C(=O)NC5CC5)c(OC(F)F)c4)cnc3c2)CC1.CCCOC. The Balaban J connectivity index is 0.000000714. The molecule has 0 bridgehead atoms. The Morgan fingerprint density at radius 3 is 2.41 bits per heavy atom. The lowest BCUT2D eigenvalue weighted by Crippen LogP contribution is -2.26. The fourth-order valence-corrected chi connectivity index (χ4v) is 4.92. The summed E-state index contributed by atoms with van der Waals surface area (Å²) in [6.45, 7) is 1.94. The summed E-state index contributed by atoms with van der Waals surface area (Å²) in [5, 5.41) is 2.80. The molecule has 8 nitrogen and oxygen atoms in total. The number of alkyl halides is 2. The number of benzene rings is 1. The molecule has 10 heteroatoms. The van der Waals surface area contributed by atoms with E-state index in [1.807, 2.05) is 22.7 Å². The van der Waals surface area contributed by atoms with Crippen molar-refractivity contribution in [3.63, 3.8) is 0 Å². The van der Waals surface area contributed by atoms with E-state index >= 15 is 0 Å². The number of rotatable bonds is 13. The molecule has 0 aliphatic heterocycles. The number of nitrogens with zero attached hydrogens (tertiary/aromatic N) is 2. The number of fused-ring (bicyclic) bond motifs is 1. The number of amides is 1. The molecule has 0 spiro atoms. The lowest BCUT2D eigenvalue weighted by molar-refractivity contribution is -0.121. The van der Waals surface area contributed by atoms with Crippen molar-refractivity contribution < 1.29 is 32.6 Å². The van der Waals surface area contributed by atoms with Gasteiger partial charge in [-0.15, -0.1) is 0 Å². The standard InChI is InChI=1S/C27H29F2N3O4.C4H10O/c1-3-4-5-22(33)27(9-10-27)17-8-11-32-19(15-30-23(32)14-17)16-12-20(35-2)24(21(13-16)36-26(28)29)25(34)31-18-6-7-18;1-3-4-5-2/h8,11-15,18,26H,3-7,9-10H2,1-2H3,(H,31,34);3-4H2,1-2H3. The summed E-state index contributed by atoms with van der Waals surface area (Å²) in [4.78, 5) is 30.2. The Morgan fingerprint density at radius 2 is 1.85 bits per heavy atom. The van der Waals surface area contributed by atoms with Crippen LogP contribution in [0.15, 0.2) is 36.7 Å². The first kappa shape index (κ1) is 30.4. The fourth-order valence-electron chi connectivity index (χ4n) is 4.92. The minimum Gasteiger partial charge on any atom is -0.496 e. The second-order valence-electron chi connectivity index (χ2n) is 10.6. The number of Topliss-reactive ketones (excluding diaryl/α,β-unsaturated/α-hetero) is 1. The van der Waals surface area contributed by atoms with Crippen LogP contribution >= 0.6 is 0 Å². The Bertz CT molecular complexity index is 1360. The third kappa shape index (κ3) is 7.04. The van der Waals surface area contributed by atoms with Gasteiger partial charge in [0.25, 0.3) is 5.91 Å². The van der Waals surface area contributed by atoms with E-state index in [0.717, 1.165) is 57.1 Å². The molecule has 2 aliphatic carbocycles. The second-order valence-corrected chi connectivity index (χ2v) is 10.6. The number of aromatic nitrogens is 2. The lowest BCUT2D eigenvalue weighted by atomic mass is 9.89. The number of ether oxygens (including phenoxy) is 3. The van der Waals surface area contributed by atoms with Crippen molar-refractivity contribution in [3.8, 4) is 22.8 Å². The van der Waals surface area contributed by atoms with Gasteiger partial charge in [-0.2, -0.15) is 8.78 Å². The summed E-state index contributed by atoms with van der Waals surface area (Å²) in [5.74, 6) is -0.366. The van der Waals surface area contributed by atoms with E-state index in [2.05, 4.69) is 24.1 Å². The van der Waals surface area contributed by atoms with Crippen molar-refractivity contribution in [1.82, 2.24) is 14.7 Å². The largest absolute Gasteiger partial charge is 0.496 e. The molecule has 2 aliphatic rings. The summed E-state index contributed by atoms with van der Waals surface area (Å²) in [6, 6.07) is 6.92. The highest BCUT2D eigenvalue weighted by Gasteiger charge is 2.50. The maximum atomic E-state index is 13.3. The van der Waals surface area contributed by atoms with Crippen LogP contribution in [-0.4, -0.2) is 54.6 Å². The number of pyridine rings is 1. The van der Waals surface area contributed by atoms with Gasteiger partial charge in [-0.1, -0.05) is 20.3 Å². The average molecular weight is 572 g/mol. The molecule has 1 amide bonds. The minimum absolute atomic E-state index is 0.0397. The van der Waals surface area contributed by atoms with E-state index in [4.69, 9.17) is 14.2 Å². The van der Waals surface area contributed by atoms with Gasteiger partial charge in [-0.05, 0) is 68.4 Å². The molecule has 1 N–H and O–H groups in total. The lowest BCUT2D eigenvalue weighted by Gasteiger charge is -2.17. The molecular formula is C31H39F2N3O5. The van der Waals surface area contributed by atoms with Crippen molar-refractivity contribution in [1.29, 1.82) is 0 Å². The molecule has 41 heavy (non-hydrogen) atoms. The molecule has 2 fully saturated rings. The second kappa shape index (κ2) is 13.4. The predicted octanol–water partition coefficient (Wildman–Crippen LogP) is 6.34. The zero-order chi connectivity index (χ0) is 29.6. The fraction of sp³-hybridized carbons (Fsp3) is 0.516. The Morgan fingerprint density at radius 1 is 1.12 bits per heavy atom. The van der Waals surface area contributed by atoms with Crippen LogP contribution in [0.1, 0.15) is 81.1 Å². The first-order chi connectivity index (χ1) is 19.8. The number of carbonyl (C=O) groups is 2. The third-order valence-corrected chi connectivity index (χ3v) is 7.45. The summed E-state index contributed by atoms with van der Waals surface area (Å²) < 4.78 is 43.2. The normalized spacial score (nSPS) is 15.3. The number of methoxy groups -OCH3 is 2. The smallest absolute Gasteiger partial charge is 0.387 e. The zero-order valence-electron chi connectivity index (χ0n) is 24.2. The minimum atomic E-state index is -3.11. The van der Waals surface area contributed by atoms with Crippen LogP contribution in [0.25, 0.3) is 16.9 Å². The first-order valence-corrected chi connectivity index (χ1v) is 14.3. The number of carbonyl (C=O) groups excluding carboxylic acids is 2. The summed E-state index contributed by atoms with van der Waals surface area (Å²) in [7, 11) is 3.09. The highest BCUT2D eigenvalue weighted by Crippen LogP contribution is 2.50. The number of nitrogens with one attached hydrogen (secondary N) is 1. The van der Waals surface area contributed by atoms with Gasteiger partial charge in [0.2, 0.25) is 0 Å². The molecular weight excluding hydrogens is 532 g/mol. The molecule has 1 aromatic carbocycles. The van der Waals surface area contributed by atoms with E-state index in [-0.39, 0.29) is 28.9 Å². The van der Waals surface area contributed by atoms with Gasteiger partial charge in [-0.3, -0.25) is 14.0 Å². The van der Waals surface area contributed by atoms with Gasteiger partial charge >= 0.3 is 6.61 Å². The monoisotopic (exact) mass is 571 g/mol. The molecule has 5 rings (SSSR count). The van der Waals surface area contributed by atoms with Crippen molar-refractivity contribution in [3.05, 3.63) is 47.8 Å². The number of hydrogen-bond donors (Lipinski definition) is 1. The summed E-state index contributed by atoms with van der Waals surface area (Å²) >= 11 is 0. The van der Waals surface area contributed by atoms with E-state index < -0.39 is 17.9 Å². The van der Waals surface area contributed by atoms with Gasteiger partial charge < -0.3 is 19.5 Å². The zero-order valence-corrected chi connectivity index (χ0v) is 24.2. The van der Waals surface area contributed by atoms with Gasteiger partial charge in [0.1, 0.15) is 28.5 Å². The van der Waals surface area contributed by atoms with Crippen LogP contribution in [0.5, 0.6) is 11.5 Å². The van der Waals surface area contributed by atoms with Crippen LogP contribution in [-0.2, 0) is 14.9 Å². The van der Waals surface area contributed by atoms with Crippen molar-refractivity contribution in [2.24, 2.45) is 0 Å². The van der Waals surface area contributed by atoms with Gasteiger partial charge in [-0.25, -0.2) is 4.98 Å². The van der Waals surface area contributed by atoms with Crippen LogP contribution < -0.4 is 14.8 Å². The number of imidazole rings is 1. The highest BCUT2D eigenvalue weighted by atomic mass is 19.3. The maximum Gasteiger partial charge on any atom is 0.387 e. The van der Waals surface area contributed by atoms with E-state index in [9.17, 15) is 18.4 Å².